The molecule has 30 heavy (non-hydrogen) atoms. The van der Waals surface area contributed by atoms with Gasteiger partial charge in [-0.05, 0) is 19.4 Å². The van der Waals surface area contributed by atoms with Crippen molar-refractivity contribution in [2.24, 2.45) is 0 Å². The highest BCUT2D eigenvalue weighted by atomic mass is 31.2. The van der Waals surface area contributed by atoms with Crippen LogP contribution >= 0.6 is 7.82 Å². The van der Waals surface area contributed by atoms with Crippen molar-refractivity contribution in [3.05, 3.63) is 22.7 Å². The second kappa shape index (κ2) is 9.83. The second-order valence-corrected chi connectivity index (χ2v) is 7.70. The molecule has 0 amide bonds. The van der Waals surface area contributed by atoms with Crippen LogP contribution < -0.4 is 11.2 Å². The molecule has 0 aliphatic carbocycles. The van der Waals surface area contributed by atoms with Crippen molar-refractivity contribution in [2.45, 2.75) is 37.9 Å². The first-order valence-electron chi connectivity index (χ1n) is 9.06. The number of anilines is 1. The van der Waals surface area contributed by atoms with Crippen LogP contribution in [0.4, 0.5) is 10.6 Å². The standard InChI is InChI=1S/C15H22N3O11P/c1-2-24-6-3-7-25-30(22,23)26-8-9-11-12(29-15(20)28-11)13(27-9)18-5-4-10(17-21)16-14(18)19/h4-5,9,11-13,21H,2-3,6-8H2,1H3,(H,22,23)(H,16,17,19)/t9-,11-,12-,13-/m1/s1. The van der Waals surface area contributed by atoms with Crippen molar-refractivity contribution in [1.82, 2.24) is 9.55 Å². The van der Waals surface area contributed by atoms with Gasteiger partial charge in [0.1, 0.15) is 6.10 Å². The minimum atomic E-state index is -4.39. The highest BCUT2D eigenvalue weighted by molar-refractivity contribution is 7.47. The Hall–Kier alpha value is -2.06. The number of nitrogens with one attached hydrogen (secondary N) is 1. The Morgan fingerprint density at radius 2 is 2.03 bits per heavy atom. The number of rotatable bonds is 11. The van der Waals surface area contributed by atoms with Gasteiger partial charge in [-0.2, -0.15) is 4.98 Å². The number of phosphoric ester groups is 1. The van der Waals surface area contributed by atoms with Crippen LogP contribution in [-0.2, 0) is 32.6 Å². The van der Waals surface area contributed by atoms with E-state index in [-0.39, 0.29) is 12.4 Å². The molecule has 15 heteroatoms. The number of fused-ring (bicyclic) bond motifs is 1. The summed E-state index contributed by atoms with van der Waals surface area (Å²) in [5, 5.41) is 8.83. The molecule has 2 saturated heterocycles. The van der Waals surface area contributed by atoms with Crippen LogP contribution in [0.25, 0.3) is 0 Å². The summed E-state index contributed by atoms with van der Waals surface area (Å²) in [5.41, 5.74) is 0.938. The van der Waals surface area contributed by atoms with Crippen LogP contribution in [0.1, 0.15) is 19.6 Å². The van der Waals surface area contributed by atoms with Gasteiger partial charge in [0.2, 0.25) is 0 Å². The molecule has 0 radical (unpaired) electrons. The van der Waals surface area contributed by atoms with E-state index in [2.05, 4.69) is 4.98 Å². The molecule has 5 atom stereocenters. The van der Waals surface area contributed by atoms with E-state index < -0.39 is 50.8 Å². The highest BCUT2D eigenvalue weighted by Gasteiger charge is 2.55. The fraction of sp³-hybridized carbons (Fsp3) is 0.667. The Bertz CT molecular complexity index is 849. The van der Waals surface area contributed by atoms with Gasteiger partial charge in [-0.3, -0.25) is 24.3 Å². The maximum absolute atomic E-state index is 12.2. The lowest BCUT2D eigenvalue weighted by atomic mass is 10.1. The maximum atomic E-state index is 12.2. The summed E-state index contributed by atoms with van der Waals surface area (Å²) in [5.74, 6) is -0.0898. The number of hydrogen-bond donors (Lipinski definition) is 3. The predicted octanol–water partition coefficient (Wildman–Crippen LogP) is 0.406. The molecule has 2 fully saturated rings. The van der Waals surface area contributed by atoms with Gasteiger partial charge in [-0.25, -0.2) is 14.2 Å². The summed E-state index contributed by atoms with van der Waals surface area (Å²) in [4.78, 5) is 37.1. The normalized spacial score (nSPS) is 27.2. The van der Waals surface area contributed by atoms with Gasteiger partial charge in [0.05, 0.1) is 13.2 Å². The molecule has 0 spiro atoms. The zero-order valence-electron chi connectivity index (χ0n) is 15.9. The SMILES string of the molecule is CCOCCCOP(=O)(O)OC[C@H]1O[C@@H](n2ccc(NO)nc2=O)[C@@H]2OC(=O)O[C@@H]21. The van der Waals surface area contributed by atoms with E-state index in [1.165, 1.54) is 12.3 Å². The number of carbonyl (C=O) groups excluding carboxylic acids is 1. The quantitative estimate of drug-likeness (QED) is 0.182. The van der Waals surface area contributed by atoms with Gasteiger partial charge in [-0.15, -0.1) is 0 Å². The largest absolute Gasteiger partial charge is 0.509 e. The first kappa shape index (κ1) is 22.6. The average Bonchev–Trinajstić information content (AvgIpc) is 3.24. The number of phosphoric acid groups is 1. The van der Waals surface area contributed by atoms with Crippen LogP contribution in [0, 0.1) is 0 Å². The van der Waals surface area contributed by atoms with Gasteiger partial charge in [0.25, 0.3) is 0 Å². The molecule has 3 heterocycles. The fourth-order valence-electron chi connectivity index (χ4n) is 2.94. The molecule has 1 aromatic heterocycles. The molecule has 0 aromatic carbocycles. The molecule has 168 valence electrons. The molecule has 1 aromatic rings. The first-order chi connectivity index (χ1) is 14.3. The monoisotopic (exact) mass is 451 g/mol. The highest BCUT2D eigenvalue weighted by Crippen LogP contribution is 2.45. The number of nitrogens with zero attached hydrogens (tertiary/aromatic N) is 2. The number of carbonyl (C=O) groups is 1. The third-order valence-corrected chi connectivity index (χ3v) is 5.25. The molecule has 1 unspecified atom stereocenters. The number of aromatic nitrogens is 2. The van der Waals surface area contributed by atoms with Crippen molar-refractivity contribution < 1.29 is 47.5 Å². The molecule has 0 saturated carbocycles. The zero-order chi connectivity index (χ0) is 21.7. The van der Waals surface area contributed by atoms with E-state index in [9.17, 15) is 19.0 Å². The van der Waals surface area contributed by atoms with Crippen LogP contribution in [-0.4, -0.2) is 70.5 Å². The first-order valence-corrected chi connectivity index (χ1v) is 10.6. The van der Waals surface area contributed by atoms with E-state index in [0.717, 1.165) is 4.57 Å². The topological polar surface area (TPSA) is 177 Å². The van der Waals surface area contributed by atoms with Gasteiger partial charge in [0.15, 0.2) is 24.3 Å². The lowest BCUT2D eigenvalue weighted by Crippen LogP contribution is -2.34. The smallest absolute Gasteiger partial charge is 0.424 e. The van der Waals surface area contributed by atoms with Crippen LogP contribution in [0.3, 0.4) is 0 Å². The van der Waals surface area contributed by atoms with Gasteiger partial charge in [-0.1, -0.05) is 0 Å². The van der Waals surface area contributed by atoms with Crippen LogP contribution in [0.5, 0.6) is 0 Å². The van der Waals surface area contributed by atoms with Gasteiger partial charge < -0.3 is 23.8 Å². The molecule has 14 nitrogen and oxygen atoms in total. The summed E-state index contributed by atoms with van der Waals surface area (Å²) in [6.07, 6.45) is -3.43. The average molecular weight is 451 g/mol. The molecular formula is C15H22N3O11P. The summed E-state index contributed by atoms with van der Waals surface area (Å²) in [6, 6.07) is 1.29. The lowest BCUT2D eigenvalue weighted by Gasteiger charge is -2.19. The molecular weight excluding hydrogens is 429 g/mol. The summed E-state index contributed by atoms with van der Waals surface area (Å²) in [7, 11) is -4.39. The van der Waals surface area contributed by atoms with E-state index >= 15 is 0 Å². The Labute approximate surface area is 170 Å². The second-order valence-electron chi connectivity index (χ2n) is 6.24. The molecule has 3 N–H and O–H groups in total. The van der Waals surface area contributed by atoms with E-state index in [1.54, 1.807) is 5.48 Å². The minimum Gasteiger partial charge on any atom is -0.424 e. The lowest BCUT2D eigenvalue weighted by molar-refractivity contribution is -0.0734. The zero-order valence-corrected chi connectivity index (χ0v) is 16.8. The number of ether oxygens (including phenoxy) is 4. The molecule has 0 bridgehead atoms. The Morgan fingerprint density at radius 1 is 1.27 bits per heavy atom. The summed E-state index contributed by atoms with van der Waals surface area (Å²) >= 11 is 0. The number of hydrogen-bond acceptors (Lipinski definition) is 12. The van der Waals surface area contributed by atoms with Crippen molar-refractivity contribution >= 4 is 19.8 Å². The van der Waals surface area contributed by atoms with E-state index in [4.69, 9.17) is 33.2 Å². The third kappa shape index (κ3) is 5.35. The van der Waals surface area contributed by atoms with Gasteiger partial charge >= 0.3 is 19.7 Å². The maximum Gasteiger partial charge on any atom is 0.509 e. The minimum absolute atomic E-state index is 0.0572. The van der Waals surface area contributed by atoms with Crippen LogP contribution in [0.15, 0.2) is 17.1 Å². The van der Waals surface area contributed by atoms with Crippen molar-refractivity contribution in [1.29, 1.82) is 0 Å². The Kier molecular flexibility index (Phi) is 7.41. The molecule has 3 rings (SSSR count). The fourth-order valence-corrected chi connectivity index (χ4v) is 3.71. The van der Waals surface area contributed by atoms with E-state index in [0.29, 0.717) is 19.6 Å². The molecule has 2 aliphatic heterocycles. The van der Waals surface area contributed by atoms with E-state index in [1.807, 2.05) is 6.92 Å². The van der Waals surface area contributed by atoms with Crippen LogP contribution in [0.2, 0.25) is 0 Å². The third-order valence-electron chi connectivity index (χ3n) is 4.26. The molecule has 2 aliphatic rings. The predicted molar refractivity (Wildman–Crippen MR) is 95.8 cm³/mol. The Balaban J connectivity index is 1.63. The summed E-state index contributed by atoms with van der Waals surface area (Å²) < 4.78 is 43.7. The summed E-state index contributed by atoms with van der Waals surface area (Å²) in [6.45, 7) is 2.19. The van der Waals surface area contributed by atoms with Crippen molar-refractivity contribution in [2.75, 3.05) is 31.9 Å². The van der Waals surface area contributed by atoms with Crippen molar-refractivity contribution in [3.63, 3.8) is 0 Å². The van der Waals surface area contributed by atoms with Crippen molar-refractivity contribution in [3.8, 4) is 0 Å². The van der Waals surface area contributed by atoms with Gasteiger partial charge in [0, 0.05) is 19.4 Å². The Morgan fingerprint density at radius 3 is 2.73 bits per heavy atom.